The molecule has 3 heterocycles. The highest BCUT2D eigenvalue weighted by molar-refractivity contribution is 7.19. The predicted octanol–water partition coefficient (Wildman–Crippen LogP) is 4.65. The van der Waals surface area contributed by atoms with Crippen molar-refractivity contribution in [3.8, 4) is 21.8 Å². The van der Waals surface area contributed by atoms with Gasteiger partial charge < -0.3 is 5.32 Å². The monoisotopic (exact) mass is 407 g/mol. The lowest BCUT2D eigenvalue weighted by atomic mass is 10.0. The van der Waals surface area contributed by atoms with Gasteiger partial charge in [0, 0.05) is 29.9 Å². The fourth-order valence-electron chi connectivity index (χ4n) is 3.79. The molecule has 0 radical (unpaired) electrons. The second-order valence-electron chi connectivity index (χ2n) is 7.26. The van der Waals surface area contributed by atoms with Crippen LogP contribution in [0.5, 0.6) is 0 Å². The number of rotatable bonds is 6. The highest BCUT2D eigenvalue weighted by Crippen LogP contribution is 2.42. The number of pyridine rings is 1. The molecule has 0 spiro atoms. The summed E-state index contributed by atoms with van der Waals surface area (Å²) in [6.45, 7) is 8.19. The van der Waals surface area contributed by atoms with E-state index in [2.05, 4.69) is 40.9 Å². The lowest BCUT2D eigenvalue weighted by molar-refractivity contribution is -0.114. The van der Waals surface area contributed by atoms with Gasteiger partial charge >= 0.3 is 0 Å². The van der Waals surface area contributed by atoms with Crippen LogP contribution in [0, 0.1) is 0 Å². The van der Waals surface area contributed by atoms with Crippen LogP contribution in [0.2, 0.25) is 0 Å². The van der Waals surface area contributed by atoms with Gasteiger partial charge in [0.1, 0.15) is 0 Å². The molecule has 1 aliphatic carbocycles. The maximum atomic E-state index is 11.5. The standard InChI is InChI=1S/C22H25N5OS/c1-4-7-16-11-10-15(13-23-16)19-17-8-6-9-18-21(20(17)27(26-19)12-5-2)29-22(25-18)24-14(3)28/h5,10-11,13H,2,4,6-9,12H2,1,3H3,(H,24,25,28). The first-order valence-electron chi connectivity index (χ1n) is 10.0. The minimum Gasteiger partial charge on any atom is -0.302 e. The van der Waals surface area contributed by atoms with Crippen molar-refractivity contribution in [3.05, 3.63) is 47.9 Å². The number of carbonyl (C=O) groups is 1. The summed E-state index contributed by atoms with van der Waals surface area (Å²) in [6, 6.07) is 4.22. The average Bonchev–Trinajstić information content (AvgIpc) is 3.18. The fourth-order valence-corrected chi connectivity index (χ4v) is 4.92. The van der Waals surface area contributed by atoms with Crippen LogP contribution in [0.3, 0.4) is 0 Å². The average molecular weight is 408 g/mol. The topological polar surface area (TPSA) is 72.7 Å². The van der Waals surface area contributed by atoms with E-state index in [1.807, 2.05) is 17.0 Å². The van der Waals surface area contributed by atoms with Crippen LogP contribution in [0.4, 0.5) is 5.13 Å². The summed E-state index contributed by atoms with van der Waals surface area (Å²) in [5.41, 5.74) is 6.50. The van der Waals surface area contributed by atoms with Gasteiger partial charge in [0.2, 0.25) is 5.91 Å². The molecule has 0 atom stereocenters. The zero-order valence-corrected chi connectivity index (χ0v) is 17.7. The van der Waals surface area contributed by atoms with E-state index in [0.29, 0.717) is 11.7 Å². The summed E-state index contributed by atoms with van der Waals surface area (Å²) in [5.74, 6) is -0.104. The Balaban J connectivity index is 1.83. The van der Waals surface area contributed by atoms with Crippen LogP contribution in [-0.4, -0.2) is 25.7 Å². The molecule has 6 nitrogen and oxygen atoms in total. The molecule has 3 aromatic rings. The van der Waals surface area contributed by atoms with Gasteiger partial charge in [0.05, 0.1) is 28.5 Å². The van der Waals surface area contributed by atoms with Gasteiger partial charge in [0.25, 0.3) is 0 Å². The zero-order chi connectivity index (χ0) is 20.4. The van der Waals surface area contributed by atoms with Gasteiger partial charge in [-0.15, -0.1) is 6.58 Å². The van der Waals surface area contributed by atoms with Crippen LogP contribution < -0.4 is 5.32 Å². The quantitative estimate of drug-likeness (QED) is 0.604. The van der Waals surface area contributed by atoms with Gasteiger partial charge in [-0.05, 0) is 37.8 Å². The summed E-state index contributed by atoms with van der Waals surface area (Å²) in [4.78, 5) is 21.9. The molecular formula is C22H25N5OS. The smallest absolute Gasteiger partial charge is 0.223 e. The maximum absolute atomic E-state index is 11.5. The number of carbonyl (C=O) groups excluding carboxylic acids is 1. The molecule has 7 heteroatoms. The number of hydrogen-bond donors (Lipinski definition) is 1. The maximum Gasteiger partial charge on any atom is 0.223 e. The number of amides is 1. The summed E-state index contributed by atoms with van der Waals surface area (Å²) >= 11 is 1.52. The molecule has 0 saturated carbocycles. The molecule has 0 aliphatic heterocycles. The van der Waals surface area contributed by atoms with Crippen molar-refractivity contribution in [2.75, 3.05) is 5.32 Å². The van der Waals surface area contributed by atoms with Crippen molar-refractivity contribution >= 4 is 22.4 Å². The number of fused-ring (bicyclic) bond motifs is 3. The van der Waals surface area contributed by atoms with E-state index in [0.717, 1.165) is 65.3 Å². The molecule has 1 amide bonds. The predicted molar refractivity (Wildman–Crippen MR) is 117 cm³/mol. The van der Waals surface area contributed by atoms with Crippen molar-refractivity contribution in [1.82, 2.24) is 19.7 Å². The summed E-state index contributed by atoms with van der Waals surface area (Å²) < 4.78 is 2.01. The van der Waals surface area contributed by atoms with Crippen molar-refractivity contribution < 1.29 is 4.79 Å². The number of nitrogens with zero attached hydrogens (tertiary/aromatic N) is 4. The molecule has 4 rings (SSSR count). The molecule has 0 unspecified atom stereocenters. The second kappa shape index (κ2) is 8.29. The third-order valence-corrected chi connectivity index (χ3v) is 6.01. The van der Waals surface area contributed by atoms with E-state index in [1.54, 1.807) is 0 Å². The van der Waals surface area contributed by atoms with Crippen molar-refractivity contribution in [3.63, 3.8) is 0 Å². The minimum absolute atomic E-state index is 0.104. The van der Waals surface area contributed by atoms with E-state index in [-0.39, 0.29) is 5.91 Å². The van der Waals surface area contributed by atoms with E-state index in [1.165, 1.54) is 23.8 Å². The normalized spacial score (nSPS) is 12.8. The SMILES string of the molecule is C=CCn1nc(-c2ccc(CCC)nc2)c2c1-c1sc(NC(C)=O)nc1CCC2. The number of allylic oxidation sites excluding steroid dienone is 1. The number of aryl methyl sites for hydroxylation is 2. The lowest BCUT2D eigenvalue weighted by Gasteiger charge is -2.05. The first-order chi connectivity index (χ1) is 14.1. The number of anilines is 1. The third-order valence-electron chi connectivity index (χ3n) is 4.99. The Bertz CT molecular complexity index is 1050. The highest BCUT2D eigenvalue weighted by atomic mass is 32.1. The highest BCUT2D eigenvalue weighted by Gasteiger charge is 2.27. The Morgan fingerprint density at radius 3 is 2.93 bits per heavy atom. The molecule has 0 aromatic carbocycles. The van der Waals surface area contributed by atoms with Crippen LogP contribution in [0.15, 0.2) is 31.0 Å². The summed E-state index contributed by atoms with van der Waals surface area (Å²) in [7, 11) is 0. The van der Waals surface area contributed by atoms with Crippen molar-refractivity contribution in [1.29, 1.82) is 0 Å². The molecule has 1 N–H and O–H groups in total. The Hall–Kier alpha value is -2.80. The minimum atomic E-state index is -0.104. The molecule has 3 aromatic heterocycles. The number of aromatic nitrogens is 4. The molecule has 0 bridgehead atoms. The first kappa shape index (κ1) is 19.5. The van der Waals surface area contributed by atoms with Crippen LogP contribution in [0.25, 0.3) is 21.8 Å². The van der Waals surface area contributed by atoms with Crippen LogP contribution in [0.1, 0.15) is 43.6 Å². The van der Waals surface area contributed by atoms with Gasteiger partial charge in [-0.25, -0.2) is 4.98 Å². The summed E-state index contributed by atoms with van der Waals surface area (Å²) in [5, 5.41) is 8.41. The molecule has 150 valence electrons. The third kappa shape index (κ3) is 3.87. The Labute approximate surface area is 174 Å². The van der Waals surface area contributed by atoms with E-state index < -0.39 is 0 Å². The van der Waals surface area contributed by atoms with E-state index in [4.69, 9.17) is 5.10 Å². The van der Waals surface area contributed by atoms with Crippen LogP contribution in [-0.2, 0) is 30.6 Å². The van der Waals surface area contributed by atoms with Crippen LogP contribution >= 0.6 is 11.3 Å². The van der Waals surface area contributed by atoms with E-state index in [9.17, 15) is 4.79 Å². The molecule has 1 aliphatic rings. The van der Waals surface area contributed by atoms with Gasteiger partial charge in [-0.2, -0.15) is 5.10 Å². The summed E-state index contributed by atoms with van der Waals surface area (Å²) in [6.07, 6.45) is 8.70. The van der Waals surface area contributed by atoms with Crippen molar-refractivity contribution in [2.45, 2.75) is 52.5 Å². The number of thiazole rings is 1. The Kier molecular flexibility index (Phi) is 5.58. The van der Waals surface area contributed by atoms with Gasteiger partial charge in [-0.1, -0.05) is 30.8 Å². The van der Waals surface area contributed by atoms with Crippen molar-refractivity contribution in [2.24, 2.45) is 0 Å². The van der Waals surface area contributed by atoms with Gasteiger partial charge in [0.15, 0.2) is 5.13 Å². The molecular weight excluding hydrogens is 382 g/mol. The largest absolute Gasteiger partial charge is 0.302 e. The lowest BCUT2D eigenvalue weighted by Crippen LogP contribution is -2.05. The molecule has 0 saturated heterocycles. The second-order valence-corrected chi connectivity index (χ2v) is 8.26. The molecule has 29 heavy (non-hydrogen) atoms. The Morgan fingerprint density at radius 2 is 2.24 bits per heavy atom. The Morgan fingerprint density at radius 1 is 1.38 bits per heavy atom. The first-order valence-corrected chi connectivity index (χ1v) is 10.9. The number of nitrogens with one attached hydrogen (secondary N) is 1. The molecule has 0 fully saturated rings. The van der Waals surface area contributed by atoms with Gasteiger partial charge in [-0.3, -0.25) is 14.5 Å². The fraction of sp³-hybridized carbons (Fsp3) is 0.364. The number of hydrogen-bond acceptors (Lipinski definition) is 5. The zero-order valence-electron chi connectivity index (χ0n) is 16.9. The van der Waals surface area contributed by atoms with E-state index >= 15 is 0 Å².